The quantitative estimate of drug-likeness (QED) is 0.605. The van der Waals surface area contributed by atoms with Gasteiger partial charge in [0.2, 0.25) is 17.7 Å². The molecule has 0 aliphatic carbocycles. The summed E-state index contributed by atoms with van der Waals surface area (Å²) in [5, 5.41) is 15.0. The highest BCUT2D eigenvalue weighted by molar-refractivity contribution is 6.06. The van der Waals surface area contributed by atoms with Crippen molar-refractivity contribution in [3.8, 4) is 0 Å². The van der Waals surface area contributed by atoms with Crippen molar-refractivity contribution in [2.75, 3.05) is 25.0 Å². The van der Waals surface area contributed by atoms with Gasteiger partial charge in [0.1, 0.15) is 6.04 Å². The van der Waals surface area contributed by atoms with Crippen LogP contribution in [0, 0.1) is 0 Å². The van der Waals surface area contributed by atoms with Crippen LogP contribution in [0.1, 0.15) is 41.6 Å². The Morgan fingerprint density at radius 3 is 2.66 bits per heavy atom. The molecule has 3 heterocycles. The molecule has 1 aromatic carbocycles. The van der Waals surface area contributed by atoms with Gasteiger partial charge < -0.3 is 20.2 Å². The van der Waals surface area contributed by atoms with Gasteiger partial charge in [-0.3, -0.25) is 24.5 Å². The van der Waals surface area contributed by atoms with Crippen LogP contribution in [0.15, 0.2) is 18.2 Å². The Balaban J connectivity index is 1.44. The minimum Gasteiger partial charge on any atom is -0.393 e. The SMILES string of the molecule is O=C1CCC(N2Cc3c(NCC(=O)N4CCC(O)CC4)cccc3C2=O)C(=O)N1. The fourth-order valence-corrected chi connectivity index (χ4v) is 4.15. The van der Waals surface area contributed by atoms with Crippen LogP contribution in [0.5, 0.6) is 0 Å². The van der Waals surface area contributed by atoms with Crippen molar-refractivity contribution in [2.45, 2.75) is 44.4 Å². The summed E-state index contributed by atoms with van der Waals surface area (Å²) in [6, 6.07) is 4.60. The first kappa shape index (κ1) is 19.4. The van der Waals surface area contributed by atoms with E-state index in [0.717, 1.165) is 5.56 Å². The molecular formula is C20H24N4O5. The predicted molar refractivity (Wildman–Crippen MR) is 103 cm³/mol. The number of carbonyl (C=O) groups is 4. The van der Waals surface area contributed by atoms with Gasteiger partial charge in [-0.15, -0.1) is 0 Å². The van der Waals surface area contributed by atoms with E-state index < -0.39 is 11.9 Å². The van der Waals surface area contributed by atoms with Gasteiger partial charge in [0.15, 0.2) is 0 Å². The fraction of sp³-hybridized carbons (Fsp3) is 0.500. The maximum atomic E-state index is 12.8. The summed E-state index contributed by atoms with van der Waals surface area (Å²) in [4.78, 5) is 52.1. The van der Waals surface area contributed by atoms with Crippen LogP contribution in [-0.4, -0.2) is 70.3 Å². The number of fused-ring (bicyclic) bond motifs is 1. The zero-order chi connectivity index (χ0) is 20.5. The van der Waals surface area contributed by atoms with E-state index in [1.54, 1.807) is 17.0 Å². The standard InChI is InChI=1S/C20H24N4O5/c25-12-6-8-23(9-7-12)18(27)10-21-15-3-1-2-13-14(15)11-24(20(13)29)16-4-5-17(26)22-19(16)28/h1-3,12,16,21,25H,4-11H2,(H,22,26,28). The molecule has 2 fully saturated rings. The molecule has 0 spiro atoms. The van der Waals surface area contributed by atoms with E-state index >= 15 is 0 Å². The first-order valence-electron chi connectivity index (χ1n) is 9.90. The summed E-state index contributed by atoms with van der Waals surface area (Å²) in [7, 11) is 0. The highest BCUT2D eigenvalue weighted by Gasteiger charge is 2.39. The Labute approximate surface area is 168 Å². The molecule has 3 aliphatic heterocycles. The number of hydrogen-bond donors (Lipinski definition) is 3. The second-order valence-electron chi connectivity index (χ2n) is 7.70. The van der Waals surface area contributed by atoms with E-state index in [1.165, 1.54) is 4.90 Å². The van der Waals surface area contributed by atoms with Crippen LogP contribution in [0.2, 0.25) is 0 Å². The van der Waals surface area contributed by atoms with Crippen LogP contribution >= 0.6 is 0 Å². The number of benzene rings is 1. The molecule has 4 amide bonds. The smallest absolute Gasteiger partial charge is 0.255 e. The summed E-state index contributed by atoms with van der Waals surface area (Å²) in [6.07, 6.45) is 1.35. The Bertz CT molecular complexity index is 862. The molecule has 1 unspecified atom stereocenters. The third-order valence-corrected chi connectivity index (χ3v) is 5.83. The number of piperidine rings is 2. The van der Waals surface area contributed by atoms with Crippen molar-refractivity contribution in [2.24, 2.45) is 0 Å². The van der Waals surface area contributed by atoms with Gasteiger partial charge in [-0.1, -0.05) is 6.07 Å². The van der Waals surface area contributed by atoms with Gasteiger partial charge in [-0.25, -0.2) is 0 Å². The number of rotatable bonds is 4. The van der Waals surface area contributed by atoms with E-state index in [2.05, 4.69) is 10.6 Å². The first-order chi connectivity index (χ1) is 13.9. The first-order valence-corrected chi connectivity index (χ1v) is 9.90. The topological polar surface area (TPSA) is 119 Å². The highest BCUT2D eigenvalue weighted by atomic mass is 16.3. The molecule has 29 heavy (non-hydrogen) atoms. The Morgan fingerprint density at radius 1 is 1.17 bits per heavy atom. The van der Waals surface area contributed by atoms with Gasteiger partial charge in [0.25, 0.3) is 5.91 Å². The van der Waals surface area contributed by atoms with Crippen LogP contribution in [-0.2, 0) is 20.9 Å². The molecule has 1 atom stereocenters. The van der Waals surface area contributed by atoms with Gasteiger partial charge in [0.05, 0.1) is 12.6 Å². The number of aliphatic hydroxyl groups is 1. The summed E-state index contributed by atoms with van der Waals surface area (Å²) >= 11 is 0. The van der Waals surface area contributed by atoms with Crippen molar-refractivity contribution in [3.63, 3.8) is 0 Å². The zero-order valence-corrected chi connectivity index (χ0v) is 16.0. The number of hydrogen-bond acceptors (Lipinski definition) is 6. The molecule has 9 nitrogen and oxygen atoms in total. The summed E-state index contributed by atoms with van der Waals surface area (Å²) in [5.41, 5.74) is 1.95. The summed E-state index contributed by atoms with van der Waals surface area (Å²) < 4.78 is 0. The number of imide groups is 1. The molecule has 0 radical (unpaired) electrons. The van der Waals surface area contributed by atoms with E-state index in [-0.39, 0.29) is 43.3 Å². The Kier molecular flexibility index (Phi) is 5.23. The van der Waals surface area contributed by atoms with E-state index in [1.807, 2.05) is 6.07 Å². The van der Waals surface area contributed by atoms with Crippen LogP contribution in [0.25, 0.3) is 0 Å². The lowest BCUT2D eigenvalue weighted by Crippen LogP contribution is -2.52. The van der Waals surface area contributed by atoms with E-state index in [4.69, 9.17) is 0 Å². The second kappa shape index (κ2) is 7.82. The Hall–Kier alpha value is -2.94. The Morgan fingerprint density at radius 2 is 1.93 bits per heavy atom. The van der Waals surface area contributed by atoms with Crippen molar-refractivity contribution < 1.29 is 24.3 Å². The van der Waals surface area contributed by atoms with Crippen molar-refractivity contribution in [1.29, 1.82) is 0 Å². The second-order valence-corrected chi connectivity index (χ2v) is 7.70. The summed E-state index contributed by atoms with van der Waals surface area (Å²) in [6.45, 7) is 1.43. The maximum absolute atomic E-state index is 12.8. The molecule has 2 saturated heterocycles. The number of aliphatic hydroxyl groups excluding tert-OH is 1. The largest absolute Gasteiger partial charge is 0.393 e. The number of nitrogens with one attached hydrogen (secondary N) is 2. The molecule has 0 saturated carbocycles. The molecule has 3 aliphatic rings. The molecule has 154 valence electrons. The fourth-order valence-electron chi connectivity index (χ4n) is 4.15. The molecule has 1 aromatic rings. The molecule has 4 rings (SSSR count). The predicted octanol–water partition coefficient (Wildman–Crippen LogP) is -0.157. The molecule has 3 N–H and O–H groups in total. The maximum Gasteiger partial charge on any atom is 0.255 e. The number of nitrogens with zero attached hydrogens (tertiary/aromatic N) is 2. The lowest BCUT2D eigenvalue weighted by Gasteiger charge is -2.30. The lowest BCUT2D eigenvalue weighted by molar-refractivity contribution is -0.137. The minimum atomic E-state index is -0.665. The lowest BCUT2D eigenvalue weighted by atomic mass is 10.0. The van der Waals surface area contributed by atoms with E-state index in [9.17, 15) is 24.3 Å². The average molecular weight is 400 g/mol. The molecule has 0 bridgehead atoms. The van der Waals surface area contributed by atoms with Crippen molar-refractivity contribution in [1.82, 2.24) is 15.1 Å². The molecule has 0 aromatic heterocycles. The summed E-state index contributed by atoms with van der Waals surface area (Å²) in [5.74, 6) is -1.06. The zero-order valence-electron chi connectivity index (χ0n) is 16.0. The van der Waals surface area contributed by atoms with Gasteiger partial charge in [-0.05, 0) is 31.4 Å². The minimum absolute atomic E-state index is 0.0548. The normalized spacial score (nSPS) is 22.5. The third kappa shape index (κ3) is 3.82. The average Bonchev–Trinajstić information content (AvgIpc) is 3.04. The van der Waals surface area contributed by atoms with Crippen molar-refractivity contribution >= 4 is 29.3 Å². The van der Waals surface area contributed by atoms with E-state index in [0.29, 0.717) is 43.6 Å². The number of amides is 4. The van der Waals surface area contributed by atoms with Gasteiger partial charge in [-0.2, -0.15) is 0 Å². The molecular weight excluding hydrogens is 376 g/mol. The number of anilines is 1. The number of likely N-dealkylation sites (tertiary alicyclic amines) is 1. The number of carbonyl (C=O) groups excluding carboxylic acids is 4. The van der Waals surface area contributed by atoms with Gasteiger partial charge in [0, 0.05) is 42.9 Å². The highest BCUT2D eigenvalue weighted by Crippen LogP contribution is 2.32. The monoisotopic (exact) mass is 400 g/mol. The van der Waals surface area contributed by atoms with Crippen LogP contribution in [0.4, 0.5) is 5.69 Å². The third-order valence-electron chi connectivity index (χ3n) is 5.83. The van der Waals surface area contributed by atoms with Crippen LogP contribution in [0.3, 0.4) is 0 Å². The van der Waals surface area contributed by atoms with Crippen molar-refractivity contribution in [3.05, 3.63) is 29.3 Å². The molecule has 9 heteroatoms. The van der Waals surface area contributed by atoms with Crippen LogP contribution < -0.4 is 10.6 Å². The van der Waals surface area contributed by atoms with Gasteiger partial charge >= 0.3 is 0 Å².